The van der Waals surface area contributed by atoms with Crippen molar-refractivity contribution in [2.24, 2.45) is 0 Å². The van der Waals surface area contributed by atoms with Crippen molar-refractivity contribution in [2.75, 3.05) is 19.8 Å². The summed E-state index contributed by atoms with van der Waals surface area (Å²) in [5.74, 6) is 0. The Labute approximate surface area is 192 Å². The molecule has 3 aliphatic heterocycles. The maximum Gasteiger partial charge on any atom is 0.187 e. The lowest BCUT2D eigenvalue weighted by molar-refractivity contribution is -0.387. The average Bonchev–Trinajstić information content (AvgIpc) is 2.83. The van der Waals surface area contributed by atoms with Crippen molar-refractivity contribution >= 4 is 0 Å². The molecule has 0 aromatic heterocycles. The van der Waals surface area contributed by atoms with Crippen LogP contribution in [0.1, 0.15) is 0 Å². The molecule has 3 fully saturated rings. The first-order valence-electron chi connectivity index (χ1n) is 10.6. The zero-order valence-electron chi connectivity index (χ0n) is 17.7. The summed E-state index contributed by atoms with van der Waals surface area (Å²) < 4.78 is 26.7. The average molecular weight is 504 g/mol. The van der Waals surface area contributed by atoms with Gasteiger partial charge < -0.3 is 79.9 Å². The summed E-state index contributed by atoms with van der Waals surface area (Å²) in [5, 5.41) is 109. The van der Waals surface area contributed by atoms with Crippen LogP contribution in [-0.2, 0) is 23.7 Å². The minimum atomic E-state index is -1.89. The molecule has 3 saturated heterocycles. The summed E-state index contributed by atoms with van der Waals surface area (Å²) >= 11 is 0. The Bertz CT molecular complexity index is 637. The Morgan fingerprint density at radius 1 is 0.441 bits per heavy atom. The maximum atomic E-state index is 10.6. The number of ether oxygens (including phenoxy) is 5. The van der Waals surface area contributed by atoms with Crippen molar-refractivity contribution in [2.45, 2.75) is 92.1 Å². The van der Waals surface area contributed by atoms with E-state index in [1.165, 1.54) is 0 Å². The van der Waals surface area contributed by atoms with E-state index in [0.717, 1.165) is 0 Å². The molecule has 1 unspecified atom stereocenters. The number of aliphatic hydroxyl groups is 11. The van der Waals surface area contributed by atoms with Crippen LogP contribution in [0.3, 0.4) is 0 Å². The van der Waals surface area contributed by atoms with Crippen molar-refractivity contribution in [3.05, 3.63) is 0 Å². The van der Waals surface area contributed by atoms with Crippen molar-refractivity contribution < 1.29 is 79.9 Å². The van der Waals surface area contributed by atoms with Gasteiger partial charge in [0.2, 0.25) is 0 Å². The molecule has 200 valence electrons. The van der Waals surface area contributed by atoms with Gasteiger partial charge in [0, 0.05) is 0 Å². The Hall–Kier alpha value is -0.640. The molecule has 0 aromatic rings. The third kappa shape index (κ3) is 5.37. The van der Waals surface area contributed by atoms with E-state index >= 15 is 0 Å². The Morgan fingerprint density at radius 3 is 1.47 bits per heavy atom. The quantitative estimate of drug-likeness (QED) is 0.154. The number of aliphatic hydroxyl groups excluding tert-OH is 11. The largest absolute Gasteiger partial charge is 0.394 e. The fourth-order valence-corrected chi connectivity index (χ4v) is 4.04. The van der Waals surface area contributed by atoms with Crippen LogP contribution in [0.5, 0.6) is 0 Å². The molecule has 0 spiro atoms. The summed E-state index contributed by atoms with van der Waals surface area (Å²) in [6.07, 6.45) is -25.6. The molecule has 0 bridgehead atoms. The van der Waals surface area contributed by atoms with Gasteiger partial charge in [0.15, 0.2) is 18.9 Å². The molecule has 15 atom stereocenters. The van der Waals surface area contributed by atoms with Crippen LogP contribution in [0.15, 0.2) is 0 Å². The second kappa shape index (κ2) is 11.6. The predicted molar refractivity (Wildman–Crippen MR) is 101 cm³/mol. The van der Waals surface area contributed by atoms with E-state index in [1.54, 1.807) is 0 Å². The zero-order valence-corrected chi connectivity index (χ0v) is 17.7. The third-order valence-corrected chi connectivity index (χ3v) is 6.09. The number of rotatable bonds is 7. The Kier molecular flexibility index (Phi) is 9.54. The van der Waals surface area contributed by atoms with Crippen LogP contribution >= 0.6 is 0 Å². The van der Waals surface area contributed by atoms with Crippen molar-refractivity contribution in [1.82, 2.24) is 0 Å². The van der Waals surface area contributed by atoms with Gasteiger partial charge in [0.05, 0.1) is 19.8 Å². The maximum absolute atomic E-state index is 10.6. The molecular weight excluding hydrogens is 472 g/mol. The van der Waals surface area contributed by atoms with E-state index in [-0.39, 0.29) is 0 Å². The standard InChI is InChI=1S/C18H32O16/c19-1-4-7(22)9(24)13(28)17(31-4)34-15-10(25)8(23)5(2-20)32-18(15)33-14-6(3-21)30-16(29)12(27)11(14)26/h4-29H,1-3H2/t4-,5-,6-,7-,8-,9+,10+,11-,12-,13+,14+,15+,16?,17-,18-/m1/s1. The summed E-state index contributed by atoms with van der Waals surface area (Å²) in [5.41, 5.74) is 0. The summed E-state index contributed by atoms with van der Waals surface area (Å²) in [4.78, 5) is 0. The highest BCUT2D eigenvalue weighted by Crippen LogP contribution is 2.32. The first-order chi connectivity index (χ1) is 16.0. The predicted octanol–water partition coefficient (Wildman–Crippen LogP) is -7.57. The fraction of sp³-hybridized carbons (Fsp3) is 1.00. The highest BCUT2D eigenvalue weighted by molar-refractivity contribution is 4.96. The van der Waals surface area contributed by atoms with Crippen LogP contribution in [-0.4, -0.2) is 168 Å². The number of hydrogen-bond acceptors (Lipinski definition) is 16. The minimum Gasteiger partial charge on any atom is -0.394 e. The third-order valence-electron chi connectivity index (χ3n) is 6.09. The Balaban J connectivity index is 1.84. The van der Waals surface area contributed by atoms with Gasteiger partial charge >= 0.3 is 0 Å². The molecular formula is C18H32O16. The molecule has 16 nitrogen and oxygen atoms in total. The minimum absolute atomic E-state index is 0.770. The molecule has 11 N–H and O–H groups in total. The van der Waals surface area contributed by atoms with Gasteiger partial charge in [-0.1, -0.05) is 0 Å². The Morgan fingerprint density at radius 2 is 0.912 bits per heavy atom. The second-order valence-corrected chi connectivity index (χ2v) is 8.33. The van der Waals surface area contributed by atoms with Crippen LogP contribution in [0.4, 0.5) is 0 Å². The van der Waals surface area contributed by atoms with Crippen molar-refractivity contribution in [3.63, 3.8) is 0 Å². The highest BCUT2D eigenvalue weighted by Gasteiger charge is 2.53. The fourth-order valence-electron chi connectivity index (χ4n) is 4.04. The molecule has 3 aliphatic rings. The summed E-state index contributed by atoms with van der Waals surface area (Å²) in [6, 6.07) is 0. The molecule has 3 rings (SSSR count). The van der Waals surface area contributed by atoms with Crippen LogP contribution in [0.2, 0.25) is 0 Å². The van der Waals surface area contributed by atoms with Gasteiger partial charge in [0.25, 0.3) is 0 Å². The molecule has 34 heavy (non-hydrogen) atoms. The lowest BCUT2D eigenvalue weighted by atomic mass is 9.96. The van der Waals surface area contributed by atoms with Crippen LogP contribution in [0.25, 0.3) is 0 Å². The van der Waals surface area contributed by atoms with E-state index in [9.17, 15) is 56.2 Å². The normalized spacial score (nSPS) is 52.5. The molecule has 0 aromatic carbocycles. The van der Waals surface area contributed by atoms with Gasteiger partial charge in [-0.2, -0.15) is 0 Å². The van der Waals surface area contributed by atoms with E-state index < -0.39 is 112 Å². The number of hydrogen-bond donors (Lipinski definition) is 11. The van der Waals surface area contributed by atoms with Gasteiger partial charge in [-0.15, -0.1) is 0 Å². The topological polar surface area (TPSA) is 269 Å². The van der Waals surface area contributed by atoms with Gasteiger partial charge in [0.1, 0.15) is 73.2 Å². The molecule has 0 aliphatic carbocycles. The van der Waals surface area contributed by atoms with E-state index in [1.807, 2.05) is 0 Å². The van der Waals surface area contributed by atoms with Gasteiger partial charge in [-0.25, -0.2) is 0 Å². The van der Waals surface area contributed by atoms with E-state index in [4.69, 9.17) is 23.7 Å². The van der Waals surface area contributed by atoms with E-state index in [0.29, 0.717) is 0 Å². The van der Waals surface area contributed by atoms with E-state index in [2.05, 4.69) is 0 Å². The monoisotopic (exact) mass is 504 g/mol. The first kappa shape index (κ1) is 27.9. The molecule has 16 heteroatoms. The van der Waals surface area contributed by atoms with Crippen LogP contribution < -0.4 is 0 Å². The molecule has 0 amide bonds. The summed E-state index contributed by atoms with van der Waals surface area (Å²) in [6.45, 7) is -2.35. The lowest BCUT2D eigenvalue weighted by Gasteiger charge is -2.48. The SMILES string of the molecule is OC[C@H]1O[C@H](O[C@@H]2[C@@H](O[C@@H]3[C@H](O)[C@@H](O)C(O)O[C@@H]3CO)O[C@H](CO)[C@@H](O)[C@@H]2O)[C@@H](O)[C@@H](O)[C@@H]1O. The lowest BCUT2D eigenvalue weighted by Crippen LogP contribution is -2.66. The van der Waals surface area contributed by atoms with Gasteiger partial charge in [-0.3, -0.25) is 0 Å². The van der Waals surface area contributed by atoms with Crippen molar-refractivity contribution in [3.8, 4) is 0 Å². The summed E-state index contributed by atoms with van der Waals surface area (Å²) in [7, 11) is 0. The first-order valence-corrected chi connectivity index (χ1v) is 10.6. The van der Waals surface area contributed by atoms with Gasteiger partial charge in [-0.05, 0) is 0 Å². The smallest absolute Gasteiger partial charge is 0.187 e. The highest BCUT2D eigenvalue weighted by atomic mass is 16.8. The van der Waals surface area contributed by atoms with Crippen LogP contribution in [0, 0.1) is 0 Å². The molecule has 0 radical (unpaired) electrons. The zero-order chi connectivity index (χ0) is 25.3. The molecule has 0 saturated carbocycles. The second-order valence-electron chi connectivity index (χ2n) is 8.33. The molecule has 3 heterocycles. The van der Waals surface area contributed by atoms with Crippen molar-refractivity contribution in [1.29, 1.82) is 0 Å².